The Morgan fingerprint density at radius 3 is 2.21 bits per heavy atom. The Kier molecular flexibility index (Phi) is 5.06. The third-order valence-corrected chi connectivity index (χ3v) is 4.37. The molecular formula is C20H21NO3. The lowest BCUT2D eigenvalue weighted by atomic mass is 9.81. The molecule has 2 aromatic carbocycles. The summed E-state index contributed by atoms with van der Waals surface area (Å²) < 4.78 is 5.14. The van der Waals surface area contributed by atoms with Crippen LogP contribution in [0.15, 0.2) is 60.7 Å². The maximum absolute atomic E-state index is 12.7. The van der Waals surface area contributed by atoms with Crippen molar-refractivity contribution >= 4 is 11.8 Å². The van der Waals surface area contributed by atoms with Gasteiger partial charge in [0.25, 0.3) is 0 Å². The summed E-state index contributed by atoms with van der Waals surface area (Å²) in [5, 5.41) is 3.48. The maximum Gasteiger partial charge on any atom is 0.318 e. The van der Waals surface area contributed by atoms with Crippen LogP contribution in [0.2, 0.25) is 0 Å². The number of esters is 1. The van der Waals surface area contributed by atoms with Gasteiger partial charge in [0.05, 0.1) is 12.6 Å². The van der Waals surface area contributed by atoms with Gasteiger partial charge in [0.1, 0.15) is 5.92 Å². The fourth-order valence-corrected chi connectivity index (χ4v) is 3.23. The monoisotopic (exact) mass is 323 g/mol. The molecule has 24 heavy (non-hydrogen) atoms. The van der Waals surface area contributed by atoms with Crippen LogP contribution in [0.1, 0.15) is 36.6 Å². The molecule has 1 saturated heterocycles. The quantitative estimate of drug-likeness (QED) is 0.693. The van der Waals surface area contributed by atoms with Crippen molar-refractivity contribution in [3.8, 4) is 0 Å². The zero-order chi connectivity index (χ0) is 16.9. The molecule has 4 nitrogen and oxygen atoms in total. The lowest BCUT2D eigenvalue weighted by molar-refractivity contribution is -0.154. The second-order valence-corrected chi connectivity index (χ2v) is 5.92. The van der Waals surface area contributed by atoms with Gasteiger partial charge in [0, 0.05) is 12.5 Å². The van der Waals surface area contributed by atoms with Crippen molar-refractivity contribution in [2.45, 2.75) is 25.4 Å². The van der Waals surface area contributed by atoms with E-state index in [1.165, 1.54) is 0 Å². The van der Waals surface area contributed by atoms with Crippen molar-refractivity contribution in [3.05, 3.63) is 71.8 Å². The van der Waals surface area contributed by atoms with E-state index >= 15 is 0 Å². The minimum absolute atomic E-state index is 0.0742. The van der Waals surface area contributed by atoms with Crippen LogP contribution in [-0.2, 0) is 14.3 Å². The van der Waals surface area contributed by atoms with E-state index in [-0.39, 0.29) is 30.9 Å². The van der Waals surface area contributed by atoms with Crippen LogP contribution >= 0.6 is 0 Å². The average molecular weight is 323 g/mol. The van der Waals surface area contributed by atoms with Crippen LogP contribution < -0.4 is 5.32 Å². The number of nitrogens with one attached hydrogen (secondary N) is 1. The van der Waals surface area contributed by atoms with E-state index in [2.05, 4.69) is 5.32 Å². The third kappa shape index (κ3) is 3.39. The van der Waals surface area contributed by atoms with Crippen molar-refractivity contribution in [1.82, 2.24) is 5.32 Å². The summed E-state index contributed by atoms with van der Waals surface area (Å²) in [7, 11) is 0. The Labute approximate surface area is 141 Å². The van der Waals surface area contributed by atoms with Gasteiger partial charge >= 0.3 is 5.97 Å². The first-order valence-corrected chi connectivity index (χ1v) is 8.26. The second-order valence-electron chi connectivity index (χ2n) is 5.92. The average Bonchev–Trinajstić information content (AvgIpc) is 2.62. The minimum Gasteiger partial charge on any atom is -0.465 e. The predicted molar refractivity (Wildman–Crippen MR) is 91.2 cm³/mol. The lowest BCUT2D eigenvalue weighted by Gasteiger charge is -2.35. The van der Waals surface area contributed by atoms with Crippen molar-refractivity contribution in [1.29, 1.82) is 0 Å². The molecule has 1 N–H and O–H groups in total. The molecule has 3 atom stereocenters. The van der Waals surface area contributed by atoms with E-state index in [0.29, 0.717) is 0 Å². The summed E-state index contributed by atoms with van der Waals surface area (Å²) in [6.07, 6.45) is 0.289. The summed E-state index contributed by atoms with van der Waals surface area (Å²) in [5.74, 6) is -1.32. The summed E-state index contributed by atoms with van der Waals surface area (Å²) >= 11 is 0. The van der Waals surface area contributed by atoms with Crippen LogP contribution in [0.4, 0.5) is 0 Å². The zero-order valence-corrected chi connectivity index (χ0v) is 13.6. The van der Waals surface area contributed by atoms with E-state index in [4.69, 9.17) is 4.74 Å². The first kappa shape index (κ1) is 16.4. The molecule has 124 valence electrons. The molecule has 1 aliphatic heterocycles. The Morgan fingerprint density at radius 2 is 1.62 bits per heavy atom. The molecule has 0 aromatic heterocycles. The summed E-state index contributed by atoms with van der Waals surface area (Å²) in [5.41, 5.74) is 1.97. The number of carbonyl (C=O) groups excluding carboxylic acids is 2. The molecule has 1 fully saturated rings. The molecule has 0 spiro atoms. The SMILES string of the molecule is CCOC(=O)[C@H]1C(=O)C[C@H](c2ccccc2)N[C@@H]1c1ccccc1. The Hall–Kier alpha value is -2.46. The number of hydrogen-bond donors (Lipinski definition) is 1. The van der Waals surface area contributed by atoms with Gasteiger partial charge in [-0.25, -0.2) is 0 Å². The predicted octanol–water partition coefficient (Wildman–Crippen LogP) is 3.21. The molecular weight excluding hydrogens is 302 g/mol. The lowest BCUT2D eigenvalue weighted by Crippen LogP contribution is -2.46. The molecule has 1 heterocycles. The van der Waals surface area contributed by atoms with Crippen molar-refractivity contribution in [2.75, 3.05) is 6.61 Å². The Bertz CT molecular complexity index is 699. The molecule has 3 rings (SSSR count). The van der Waals surface area contributed by atoms with E-state index in [1.807, 2.05) is 60.7 Å². The normalized spacial score (nSPS) is 23.7. The maximum atomic E-state index is 12.7. The van der Waals surface area contributed by atoms with E-state index in [9.17, 15) is 9.59 Å². The van der Waals surface area contributed by atoms with Gasteiger partial charge in [-0.15, -0.1) is 0 Å². The van der Waals surface area contributed by atoms with Crippen LogP contribution in [0, 0.1) is 5.92 Å². The molecule has 0 aliphatic carbocycles. The summed E-state index contributed by atoms with van der Waals surface area (Å²) in [6, 6.07) is 19.0. The minimum atomic E-state index is -0.799. The van der Waals surface area contributed by atoms with Crippen LogP contribution in [0.5, 0.6) is 0 Å². The Morgan fingerprint density at radius 1 is 1.04 bits per heavy atom. The number of benzene rings is 2. The van der Waals surface area contributed by atoms with Crippen LogP contribution in [0.3, 0.4) is 0 Å². The molecule has 0 amide bonds. The topological polar surface area (TPSA) is 55.4 Å². The van der Waals surface area contributed by atoms with Gasteiger partial charge in [-0.2, -0.15) is 0 Å². The fourth-order valence-electron chi connectivity index (χ4n) is 3.23. The number of carbonyl (C=O) groups is 2. The largest absolute Gasteiger partial charge is 0.465 e. The van der Waals surface area contributed by atoms with Gasteiger partial charge in [-0.3, -0.25) is 9.59 Å². The number of piperidine rings is 1. The van der Waals surface area contributed by atoms with E-state index in [1.54, 1.807) is 6.92 Å². The smallest absolute Gasteiger partial charge is 0.318 e. The number of rotatable bonds is 4. The van der Waals surface area contributed by atoms with E-state index in [0.717, 1.165) is 11.1 Å². The molecule has 2 aromatic rings. The third-order valence-electron chi connectivity index (χ3n) is 4.37. The van der Waals surface area contributed by atoms with Gasteiger partial charge in [-0.05, 0) is 18.1 Å². The fraction of sp³-hybridized carbons (Fsp3) is 0.300. The molecule has 0 radical (unpaired) electrons. The van der Waals surface area contributed by atoms with Gasteiger partial charge in [0.15, 0.2) is 5.78 Å². The Balaban J connectivity index is 1.93. The molecule has 4 heteroatoms. The highest BCUT2D eigenvalue weighted by molar-refractivity contribution is 6.01. The number of Topliss-reactive ketones (excluding diaryl/α,β-unsaturated/α-hetero) is 1. The first-order valence-electron chi connectivity index (χ1n) is 8.26. The summed E-state index contributed by atoms with van der Waals surface area (Å²) in [6.45, 7) is 2.02. The second kappa shape index (κ2) is 7.41. The van der Waals surface area contributed by atoms with Crippen molar-refractivity contribution in [3.63, 3.8) is 0 Å². The van der Waals surface area contributed by atoms with Crippen LogP contribution in [0.25, 0.3) is 0 Å². The first-order chi connectivity index (χ1) is 11.7. The molecule has 1 aliphatic rings. The van der Waals surface area contributed by atoms with E-state index < -0.39 is 11.9 Å². The number of hydrogen-bond acceptors (Lipinski definition) is 4. The van der Waals surface area contributed by atoms with Crippen molar-refractivity contribution < 1.29 is 14.3 Å². The number of ketones is 1. The molecule has 0 saturated carbocycles. The highest BCUT2D eigenvalue weighted by Crippen LogP contribution is 2.35. The number of ether oxygens (including phenoxy) is 1. The molecule has 0 unspecified atom stereocenters. The molecule has 0 bridgehead atoms. The summed E-state index contributed by atoms with van der Waals surface area (Å²) in [4.78, 5) is 25.1. The van der Waals surface area contributed by atoms with Gasteiger partial charge in [0.2, 0.25) is 0 Å². The van der Waals surface area contributed by atoms with Gasteiger partial charge in [-0.1, -0.05) is 60.7 Å². The van der Waals surface area contributed by atoms with Gasteiger partial charge < -0.3 is 10.1 Å². The highest BCUT2D eigenvalue weighted by atomic mass is 16.5. The zero-order valence-electron chi connectivity index (χ0n) is 13.6. The standard InChI is InChI=1S/C20H21NO3/c1-2-24-20(23)18-17(22)13-16(14-9-5-3-6-10-14)21-19(18)15-11-7-4-8-12-15/h3-12,16,18-19,21H,2,13H2,1H3/t16-,18+,19-/m1/s1. The van der Waals surface area contributed by atoms with Crippen molar-refractivity contribution in [2.24, 2.45) is 5.92 Å². The van der Waals surface area contributed by atoms with Crippen LogP contribution in [-0.4, -0.2) is 18.4 Å². The highest BCUT2D eigenvalue weighted by Gasteiger charge is 2.42.